The normalized spacial score (nSPS) is 17.3. The third-order valence-corrected chi connectivity index (χ3v) is 11.9. The Balaban J connectivity index is 1.53. The minimum absolute atomic E-state index is 0.0158. The topological polar surface area (TPSA) is 150 Å². The van der Waals surface area contributed by atoms with Gasteiger partial charge < -0.3 is 37.9 Å². The van der Waals surface area contributed by atoms with Gasteiger partial charge >= 0.3 is 16.2 Å². The van der Waals surface area contributed by atoms with Gasteiger partial charge in [-0.25, -0.2) is 4.79 Å². The van der Waals surface area contributed by atoms with Crippen LogP contribution in [-0.2, 0) is 32.6 Å². The van der Waals surface area contributed by atoms with Crippen LogP contribution in [0.5, 0.6) is 28.7 Å². The molecule has 4 aromatic rings. The van der Waals surface area contributed by atoms with E-state index in [1.807, 2.05) is 58.0 Å². The van der Waals surface area contributed by atoms with Crippen LogP contribution in [0, 0.1) is 20.8 Å². The van der Waals surface area contributed by atoms with Gasteiger partial charge in [-0.1, -0.05) is 64.0 Å². The third kappa shape index (κ3) is 8.76. The van der Waals surface area contributed by atoms with Crippen LogP contribution in [-0.4, -0.2) is 73.7 Å². The van der Waals surface area contributed by atoms with Crippen LogP contribution in [0.2, 0.25) is 0 Å². The molecule has 0 bridgehead atoms. The predicted molar refractivity (Wildman–Crippen MR) is 219 cm³/mol. The summed E-state index contributed by atoms with van der Waals surface area (Å²) in [5.41, 5.74) is 3.29. The van der Waals surface area contributed by atoms with E-state index in [0.29, 0.717) is 38.4 Å². The van der Waals surface area contributed by atoms with Crippen LogP contribution in [0.3, 0.4) is 0 Å². The fourth-order valence-corrected chi connectivity index (χ4v) is 8.32. The molecule has 15 heteroatoms. The second-order valence-corrected chi connectivity index (χ2v) is 16.9. The average Bonchev–Trinajstić information content (AvgIpc) is 3.64. The van der Waals surface area contributed by atoms with Crippen molar-refractivity contribution in [3.63, 3.8) is 0 Å². The van der Waals surface area contributed by atoms with E-state index in [1.165, 1.54) is 36.3 Å². The molecule has 1 saturated heterocycles. The number of amides is 2. The summed E-state index contributed by atoms with van der Waals surface area (Å²) in [6, 6.07) is 17.3. The molecule has 2 heterocycles. The van der Waals surface area contributed by atoms with Crippen molar-refractivity contribution in [2.75, 3.05) is 13.9 Å². The molecule has 13 nitrogen and oxygen atoms in total. The molecule has 0 saturated carbocycles. The summed E-state index contributed by atoms with van der Waals surface area (Å²) in [5, 5.41) is 12.4. The fraction of sp³-hybridized carbons (Fsp3) is 0.349. The van der Waals surface area contributed by atoms with Gasteiger partial charge in [0.25, 0.3) is 5.91 Å². The van der Waals surface area contributed by atoms with E-state index in [2.05, 4.69) is 15.9 Å². The van der Waals surface area contributed by atoms with Gasteiger partial charge in [-0.2, -0.15) is 8.42 Å². The number of aliphatic hydroxyl groups excluding tert-OH is 1. The molecular weight excluding hydrogens is 832 g/mol. The van der Waals surface area contributed by atoms with E-state index in [-0.39, 0.29) is 53.5 Å². The number of rotatable bonds is 12. The van der Waals surface area contributed by atoms with Crippen LogP contribution >= 0.6 is 15.9 Å². The van der Waals surface area contributed by atoms with Gasteiger partial charge in [-0.3, -0.25) is 9.69 Å². The summed E-state index contributed by atoms with van der Waals surface area (Å²) in [7, 11) is -2.86. The third-order valence-electron chi connectivity index (χ3n) is 9.60. The Kier molecular flexibility index (Phi) is 12.6. The van der Waals surface area contributed by atoms with Gasteiger partial charge in [0.15, 0.2) is 35.0 Å². The lowest BCUT2D eigenvalue weighted by molar-refractivity contribution is -0.148. The Morgan fingerprint density at radius 1 is 0.966 bits per heavy atom. The SMILES string of the molecule is COc1c(OC(C)C)cc(CC2C(=O)N(Cc3ccccc3)/C(=C\c3cc4c(c(C)c3OS(=O)(=O)c3ccc(C)cc3)OCO4)C(O)N2C(=O)OC(C)C)c(Br)c1C. The molecule has 2 aliphatic rings. The van der Waals surface area contributed by atoms with Crippen molar-refractivity contribution in [3.8, 4) is 28.7 Å². The molecule has 58 heavy (non-hydrogen) atoms. The molecule has 2 amide bonds. The van der Waals surface area contributed by atoms with E-state index in [1.54, 1.807) is 39.0 Å². The second kappa shape index (κ2) is 17.3. The largest absolute Gasteiger partial charge is 0.493 e. The second-order valence-electron chi connectivity index (χ2n) is 14.6. The molecule has 2 atom stereocenters. The number of fused-ring (bicyclic) bond motifs is 1. The highest BCUT2D eigenvalue weighted by Gasteiger charge is 2.47. The zero-order valence-corrected chi connectivity index (χ0v) is 36.0. The first kappa shape index (κ1) is 42.4. The highest BCUT2D eigenvalue weighted by atomic mass is 79.9. The number of piperazine rings is 1. The summed E-state index contributed by atoms with van der Waals surface area (Å²) in [6.45, 7) is 12.2. The predicted octanol–water partition coefficient (Wildman–Crippen LogP) is 7.83. The van der Waals surface area contributed by atoms with Gasteiger partial charge in [0.05, 0.1) is 31.6 Å². The van der Waals surface area contributed by atoms with Crippen molar-refractivity contribution in [3.05, 3.63) is 110 Å². The number of methoxy groups -OCH3 is 1. The number of nitrogens with zero attached hydrogens (tertiary/aromatic N) is 2. The molecule has 4 aromatic carbocycles. The van der Waals surface area contributed by atoms with Gasteiger partial charge in [0.2, 0.25) is 6.79 Å². The van der Waals surface area contributed by atoms with Gasteiger partial charge in [-0.05, 0) is 89.9 Å². The Morgan fingerprint density at radius 3 is 2.29 bits per heavy atom. The molecule has 0 aliphatic carbocycles. The van der Waals surface area contributed by atoms with Gasteiger partial charge in [0.1, 0.15) is 10.9 Å². The van der Waals surface area contributed by atoms with Crippen molar-refractivity contribution < 1.29 is 51.0 Å². The Bertz CT molecular complexity index is 2330. The summed E-state index contributed by atoms with van der Waals surface area (Å²) >= 11 is 3.69. The maximum atomic E-state index is 15.1. The molecule has 6 rings (SSSR count). The van der Waals surface area contributed by atoms with Crippen molar-refractivity contribution in [2.24, 2.45) is 0 Å². The van der Waals surface area contributed by atoms with E-state index >= 15 is 4.79 Å². The summed E-state index contributed by atoms with van der Waals surface area (Å²) < 4.78 is 62.8. The molecule has 0 spiro atoms. The lowest BCUT2D eigenvalue weighted by atomic mass is 9.96. The van der Waals surface area contributed by atoms with Crippen LogP contribution in [0.4, 0.5) is 4.79 Å². The number of benzene rings is 4. The van der Waals surface area contributed by atoms with Crippen molar-refractivity contribution in [1.29, 1.82) is 0 Å². The molecular formula is C43H47BrN2O11S. The number of hydrogen-bond acceptors (Lipinski definition) is 11. The van der Waals surface area contributed by atoms with Gasteiger partial charge in [-0.15, -0.1) is 0 Å². The zero-order valence-electron chi connectivity index (χ0n) is 33.6. The van der Waals surface area contributed by atoms with E-state index in [4.69, 9.17) is 27.9 Å². The summed E-state index contributed by atoms with van der Waals surface area (Å²) in [5.74, 6) is 0.865. The van der Waals surface area contributed by atoms with Crippen molar-refractivity contribution >= 4 is 44.1 Å². The number of halogens is 1. The van der Waals surface area contributed by atoms with E-state index in [0.717, 1.165) is 16.0 Å². The van der Waals surface area contributed by atoms with E-state index < -0.39 is 40.5 Å². The number of aliphatic hydroxyl groups is 1. The molecule has 1 N–H and O–H groups in total. The fourth-order valence-electron chi connectivity index (χ4n) is 6.86. The molecule has 2 aliphatic heterocycles. The maximum Gasteiger partial charge on any atom is 0.413 e. The monoisotopic (exact) mass is 878 g/mol. The molecule has 2 unspecified atom stereocenters. The lowest BCUT2D eigenvalue weighted by Crippen LogP contribution is -2.63. The highest BCUT2D eigenvalue weighted by molar-refractivity contribution is 9.10. The zero-order chi connectivity index (χ0) is 42.1. The summed E-state index contributed by atoms with van der Waals surface area (Å²) in [4.78, 5) is 31.5. The van der Waals surface area contributed by atoms with Gasteiger partial charge in [0, 0.05) is 27.6 Å². The standard InChI is InChI=1S/C43H47BrN2O11S/c1-24(2)55-36-20-30(37(44)27(6)39(36)52-8)18-34-41(47)45(22-29-12-10-9-11-13-29)33(42(48)46(34)43(49)56-25(3)4)19-31-21-35-40(54-23-53-35)28(7)38(31)57-58(50,51)32-16-14-26(5)15-17-32/h9-17,19-21,24-25,34,42,48H,18,22-23H2,1-8H3/b33-19-. The molecule has 0 radical (unpaired) electrons. The smallest absolute Gasteiger partial charge is 0.413 e. The van der Waals surface area contributed by atoms with E-state index in [9.17, 15) is 18.3 Å². The number of hydrogen-bond donors (Lipinski definition) is 1. The molecule has 1 fully saturated rings. The number of aryl methyl sites for hydroxylation is 1. The lowest BCUT2D eigenvalue weighted by Gasteiger charge is -2.45. The molecule has 0 aromatic heterocycles. The maximum absolute atomic E-state index is 15.1. The Labute approximate surface area is 347 Å². The Hall–Kier alpha value is -5.25. The summed E-state index contributed by atoms with van der Waals surface area (Å²) in [6.07, 6.45) is -2.16. The van der Waals surface area contributed by atoms with Crippen molar-refractivity contribution in [1.82, 2.24) is 9.80 Å². The van der Waals surface area contributed by atoms with Crippen LogP contribution < -0.4 is 23.1 Å². The number of ether oxygens (including phenoxy) is 5. The van der Waals surface area contributed by atoms with Crippen LogP contribution in [0.15, 0.2) is 81.8 Å². The Morgan fingerprint density at radius 2 is 1.66 bits per heavy atom. The van der Waals surface area contributed by atoms with Crippen LogP contribution in [0.25, 0.3) is 6.08 Å². The first-order valence-electron chi connectivity index (χ1n) is 18.7. The first-order valence-corrected chi connectivity index (χ1v) is 20.9. The molecule has 308 valence electrons. The highest BCUT2D eigenvalue weighted by Crippen LogP contribution is 2.46. The van der Waals surface area contributed by atoms with Crippen LogP contribution in [0.1, 0.15) is 61.1 Å². The number of carbonyl (C=O) groups excluding carboxylic acids is 2. The number of carbonyl (C=O) groups is 2. The average molecular weight is 880 g/mol. The minimum Gasteiger partial charge on any atom is -0.493 e. The van der Waals surface area contributed by atoms with Crippen molar-refractivity contribution in [2.45, 2.75) is 90.8 Å². The quantitative estimate of drug-likeness (QED) is 0.139. The minimum atomic E-state index is -4.40. The first-order chi connectivity index (χ1) is 27.5.